The van der Waals surface area contributed by atoms with E-state index < -0.39 is 0 Å². The van der Waals surface area contributed by atoms with E-state index in [-0.39, 0.29) is 17.4 Å². The quantitative estimate of drug-likeness (QED) is 0.434. The van der Waals surface area contributed by atoms with Crippen LogP contribution in [0.25, 0.3) is 10.9 Å². The van der Waals surface area contributed by atoms with E-state index in [4.69, 9.17) is 5.73 Å². The number of nitrogens with two attached hydrogens (primary N) is 1. The zero-order chi connectivity index (χ0) is 16.4. The highest BCUT2D eigenvalue weighted by Crippen LogP contribution is 2.27. The molecule has 0 aliphatic rings. The molecule has 0 spiro atoms. The fourth-order valence-corrected chi connectivity index (χ4v) is 3.99. The first kappa shape index (κ1) is 16.0. The lowest BCUT2D eigenvalue weighted by atomic mass is 10.2. The summed E-state index contributed by atoms with van der Waals surface area (Å²) in [7, 11) is 0. The van der Waals surface area contributed by atoms with Gasteiger partial charge in [-0.1, -0.05) is 11.8 Å². The second-order valence-corrected chi connectivity index (χ2v) is 7.05. The van der Waals surface area contributed by atoms with Gasteiger partial charge in [0.1, 0.15) is 16.7 Å². The van der Waals surface area contributed by atoms with Gasteiger partial charge in [-0.15, -0.1) is 11.3 Å². The summed E-state index contributed by atoms with van der Waals surface area (Å²) in [6.07, 6.45) is 0. The number of nitrogens with zero attached hydrogens (tertiary/aromatic N) is 2. The molecule has 0 saturated carbocycles. The van der Waals surface area contributed by atoms with Crippen molar-refractivity contribution in [2.24, 2.45) is 5.73 Å². The third kappa shape index (κ3) is 3.57. The minimum absolute atomic E-state index is 0.0144. The van der Waals surface area contributed by atoms with Crippen molar-refractivity contribution in [1.82, 2.24) is 9.97 Å². The molecule has 0 saturated heterocycles. The summed E-state index contributed by atoms with van der Waals surface area (Å²) < 4.78 is 13.5. The second kappa shape index (κ2) is 6.74. The Labute approximate surface area is 140 Å². The fourth-order valence-electron chi connectivity index (χ4n) is 2.14. The molecule has 0 amide bonds. The number of aryl methyl sites for hydroxylation is 1. The van der Waals surface area contributed by atoms with Gasteiger partial charge in [0, 0.05) is 16.8 Å². The van der Waals surface area contributed by atoms with E-state index in [0.717, 1.165) is 4.88 Å². The Morgan fingerprint density at radius 3 is 2.87 bits per heavy atom. The Morgan fingerprint density at radius 1 is 1.30 bits per heavy atom. The lowest BCUT2D eigenvalue weighted by molar-refractivity contribution is 0.102. The van der Waals surface area contributed by atoms with Gasteiger partial charge in [0.25, 0.3) is 0 Å². The molecule has 0 unspecified atom stereocenters. The highest BCUT2D eigenvalue weighted by molar-refractivity contribution is 8.00. The zero-order valence-corrected chi connectivity index (χ0v) is 14.0. The van der Waals surface area contributed by atoms with Gasteiger partial charge in [-0.3, -0.25) is 4.79 Å². The molecule has 0 fully saturated rings. The van der Waals surface area contributed by atoms with Gasteiger partial charge in [-0.25, -0.2) is 14.4 Å². The molecular formula is C16H14FN3OS2. The number of benzene rings is 1. The van der Waals surface area contributed by atoms with E-state index in [0.29, 0.717) is 33.2 Å². The predicted molar refractivity (Wildman–Crippen MR) is 91.5 cm³/mol. The second-order valence-electron chi connectivity index (χ2n) is 4.92. The third-order valence-corrected chi connectivity index (χ3v) is 5.35. The van der Waals surface area contributed by atoms with Gasteiger partial charge in [0.15, 0.2) is 5.78 Å². The van der Waals surface area contributed by atoms with Crippen molar-refractivity contribution in [2.45, 2.75) is 18.5 Å². The molecule has 0 bridgehead atoms. The average Bonchev–Trinajstić information content (AvgIpc) is 3.02. The number of aromatic nitrogens is 2. The number of ketones is 1. The minimum atomic E-state index is -0.344. The van der Waals surface area contributed by atoms with Crippen molar-refractivity contribution >= 4 is 39.8 Å². The fraction of sp³-hybridized carbons (Fsp3) is 0.188. The van der Waals surface area contributed by atoms with E-state index >= 15 is 0 Å². The summed E-state index contributed by atoms with van der Waals surface area (Å²) in [5.41, 5.74) is 6.24. The van der Waals surface area contributed by atoms with Crippen molar-refractivity contribution in [3.05, 3.63) is 51.7 Å². The maximum absolute atomic E-state index is 13.5. The third-order valence-electron chi connectivity index (χ3n) is 3.21. The Kier molecular flexibility index (Phi) is 4.70. The van der Waals surface area contributed by atoms with Gasteiger partial charge >= 0.3 is 0 Å². The van der Waals surface area contributed by atoms with Crippen molar-refractivity contribution in [3.8, 4) is 0 Å². The summed E-state index contributed by atoms with van der Waals surface area (Å²) in [5.74, 6) is 0.511. The lowest BCUT2D eigenvalue weighted by Crippen LogP contribution is -2.01. The predicted octanol–water partition coefficient (Wildman–Crippen LogP) is 3.57. The van der Waals surface area contributed by atoms with Crippen molar-refractivity contribution in [2.75, 3.05) is 5.75 Å². The first-order chi connectivity index (χ1) is 11.1. The molecule has 4 nitrogen and oxygen atoms in total. The number of hydrogen-bond donors (Lipinski definition) is 1. The Hall–Kier alpha value is -1.83. The van der Waals surface area contributed by atoms with Crippen LogP contribution in [0.4, 0.5) is 4.39 Å². The largest absolute Gasteiger partial charge is 0.326 e. The molecule has 7 heteroatoms. The molecule has 3 aromatic rings. The van der Waals surface area contributed by atoms with Gasteiger partial charge < -0.3 is 5.73 Å². The lowest BCUT2D eigenvalue weighted by Gasteiger charge is -2.06. The van der Waals surface area contributed by atoms with Crippen molar-refractivity contribution < 1.29 is 9.18 Å². The topological polar surface area (TPSA) is 68.9 Å². The van der Waals surface area contributed by atoms with Crippen LogP contribution in [0.5, 0.6) is 0 Å². The smallest absolute Gasteiger partial charge is 0.183 e. The van der Waals surface area contributed by atoms with Crippen LogP contribution < -0.4 is 5.73 Å². The highest BCUT2D eigenvalue weighted by atomic mass is 32.2. The van der Waals surface area contributed by atoms with Crippen molar-refractivity contribution in [1.29, 1.82) is 0 Å². The first-order valence-corrected chi connectivity index (χ1v) is 8.75. The Bertz CT molecular complexity index is 879. The van der Waals surface area contributed by atoms with Gasteiger partial charge in [-0.05, 0) is 37.3 Å². The number of fused-ring (bicyclic) bond motifs is 1. The molecule has 0 aliphatic carbocycles. The van der Waals surface area contributed by atoms with E-state index in [2.05, 4.69) is 9.97 Å². The maximum atomic E-state index is 13.5. The standard InChI is InChI=1S/C16H14FN3OS2/c1-9-19-13-4-2-10(17)6-12(13)16(20-9)22-8-14(21)15-5-3-11(7-18)23-15/h2-6H,7-8,18H2,1H3. The van der Waals surface area contributed by atoms with Crippen LogP contribution in [0, 0.1) is 12.7 Å². The number of halogens is 1. The summed E-state index contributed by atoms with van der Waals surface area (Å²) in [5, 5.41) is 1.25. The monoisotopic (exact) mass is 347 g/mol. The molecule has 1 aromatic carbocycles. The Balaban J connectivity index is 1.83. The van der Waals surface area contributed by atoms with Crippen molar-refractivity contribution in [3.63, 3.8) is 0 Å². The Morgan fingerprint density at radius 2 is 2.13 bits per heavy atom. The van der Waals surface area contributed by atoms with Crippen LogP contribution in [-0.4, -0.2) is 21.5 Å². The van der Waals surface area contributed by atoms with Crippen LogP contribution in [0.1, 0.15) is 20.4 Å². The SMILES string of the molecule is Cc1nc(SCC(=O)c2ccc(CN)s2)c2cc(F)ccc2n1. The molecule has 0 aliphatic heterocycles. The number of carbonyl (C=O) groups is 1. The average molecular weight is 347 g/mol. The van der Waals surface area contributed by atoms with E-state index in [1.807, 2.05) is 6.07 Å². The summed E-state index contributed by atoms with van der Waals surface area (Å²) in [4.78, 5) is 22.6. The molecule has 2 heterocycles. The van der Waals surface area contributed by atoms with Gasteiger partial charge in [0.2, 0.25) is 0 Å². The highest BCUT2D eigenvalue weighted by Gasteiger charge is 2.13. The molecule has 2 aromatic heterocycles. The number of hydrogen-bond acceptors (Lipinski definition) is 6. The summed E-state index contributed by atoms with van der Waals surface area (Å²) in [6.45, 7) is 2.21. The van der Waals surface area contributed by atoms with E-state index in [1.165, 1.54) is 35.2 Å². The molecule has 0 atom stereocenters. The molecule has 2 N–H and O–H groups in total. The normalized spacial score (nSPS) is 11.1. The first-order valence-electron chi connectivity index (χ1n) is 6.95. The summed E-state index contributed by atoms with van der Waals surface area (Å²) >= 11 is 2.71. The van der Waals surface area contributed by atoms with Gasteiger partial charge in [0.05, 0.1) is 16.1 Å². The van der Waals surface area contributed by atoms with E-state index in [1.54, 1.807) is 19.1 Å². The number of Topliss-reactive ketones (excluding diaryl/α,β-unsaturated/α-hetero) is 1. The zero-order valence-electron chi connectivity index (χ0n) is 12.4. The molecule has 0 radical (unpaired) electrons. The van der Waals surface area contributed by atoms with Gasteiger partial charge in [-0.2, -0.15) is 0 Å². The number of carbonyl (C=O) groups excluding carboxylic acids is 1. The van der Waals surface area contributed by atoms with Crippen LogP contribution >= 0.6 is 23.1 Å². The molecule has 23 heavy (non-hydrogen) atoms. The molecule has 3 rings (SSSR count). The number of rotatable bonds is 5. The van der Waals surface area contributed by atoms with Crippen LogP contribution in [0.15, 0.2) is 35.4 Å². The molecule has 118 valence electrons. The number of thiophene rings is 1. The number of thioether (sulfide) groups is 1. The van der Waals surface area contributed by atoms with Crippen LogP contribution in [-0.2, 0) is 6.54 Å². The van der Waals surface area contributed by atoms with Crippen LogP contribution in [0.2, 0.25) is 0 Å². The minimum Gasteiger partial charge on any atom is -0.326 e. The van der Waals surface area contributed by atoms with E-state index in [9.17, 15) is 9.18 Å². The maximum Gasteiger partial charge on any atom is 0.183 e. The molecular weight excluding hydrogens is 333 g/mol. The van der Waals surface area contributed by atoms with Crippen LogP contribution in [0.3, 0.4) is 0 Å². The summed E-state index contributed by atoms with van der Waals surface area (Å²) in [6, 6.07) is 8.05.